The van der Waals surface area contributed by atoms with Crippen LogP contribution in [0.1, 0.15) is 29.0 Å². The number of benzene rings is 2. The molecule has 0 aliphatic carbocycles. The molecule has 0 fully saturated rings. The summed E-state index contributed by atoms with van der Waals surface area (Å²) in [6, 6.07) is 22.8. The van der Waals surface area contributed by atoms with Gasteiger partial charge in [-0.05, 0) is 35.7 Å². The van der Waals surface area contributed by atoms with Crippen molar-refractivity contribution in [3.63, 3.8) is 0 Å². The van der Waals surface area contributed by atoms with Gasteiger partial charge < -0.3 is 11.1 Å². The minimum atomic E-state index is 0.160. The van der Waals surface area contributed by atoms with Crippen molar-refractivity contribution in [2.75, 3.05) is 12.3 Å². The van der Waals surface area contributed by atoms with Crippen LogP contribution in [0.3, 0.4) is 0 Å². The van der Waals surface area contributed by atoms with E-state index in [4.69, 9.17) is 5.73 Å². The first-order valence-corrected chi connectivity index (χ1v) is 9.08. The molecule has 2 heterocycles. The predicted molar refractivity (Wildman–Crippen MR) is 107 cm³/mol. The van der Waals surface area contributed by atoms with Gasteiger partial charge in [0, 0.05) is 12.5 Å². The molecule has 0 spiro atoms. The van der Waals surface area contributed by atoms with Gasteiger partial charge in [0.05, 0.1) is 0 Å². The average molecular weight is 358 g/mol. The summed E-state index contributed by atoms with van der Waals surface area (Å²) in [6.45, 7) is 1.72. The van der Waals surface area contributed by atoms with Crippen LogP contribution in [-0.2, 0) is 6.54 Å². The van der Waals surface area contributed by atoms with Gasteiger partial charge in [0.1, 0.15) is 11.3 Å². The summed E-state index contributed by atoms with van der Waals surface area (Å²) in [5.41, 5.74) is 10.9. The molecule has 0 aliphatic heterocycles. The number of nitrogens with two attached hydrogens (primary N) is 1. The molecule has 0 radical (unpaired) electrons. The molecule has 6 nitrogen and oxygen atoms in total. The fourth-order valence-electron chi connectivity index (χ4n) is 3.41. The Morgan fingerprint density at radius 2 is 1.70 bits per heavy atom. The van der Waals surface area contributed by atoms with Gasteiger partial charge in [-0.3, -0.25) is 0 Å². The van der Waals surface area contributed by atoms with E-state index in [1.807, 2.05) is 18.2 Å². The lowest BCUT2D eigenvalue weighted by Crippen LogP contribution is -2.18. The highest BCUT2D eigenvalue weighted by Gasteiger charge is 2.20. The number of rotatable bonds is 7. The van der Waals surface area contributed by atoms with Crippen molar-refractivity contribution in [3.8, 4) is 0 Å². The Morgan fingerprint density at radius 1 is 0.963 bits per heavy atom. The van der Waals surface area contributed by atoms with Crippen LogP contribution in [0.25, 0.3) is 11.2 Å². The molecule has 4 rings (SSSR count). The molecule has 0 bridgehead atoms. The largest absolute Gasteiger partial charge is 0.384 e. The fourth-order valence-corrected chi connectivity index (χ4v) is 3.41. The first-order chi connectivity index (χ1) is 13.3. The van der Waals surface area contributed by atoms with E-state index < -0.39 is 0 Å². The third-order valence-electron chi connectivity index (χ3n) is 4.70. The zero-order chi connectivity index (χ0) is 18.5. The first-order valence-electron chi connectivity index (χ1n) is 9.08. The van der Waals surface area contributed by atoms with E-state index in [2.05, 4.69) is 74.2 Å². The molecule has 6 heteroatoms. The number of pyridine rings is 1. The zero-order valence-electron chi connectivity index (χ0n) is 15.0. The summed E-state index contributed by atoms with van der Waals surface area (Å²) in [4.78, 5) is 4.27. The second kappa shape index (κ2) is 7.97. The van der Waals surface area contributed by atoms with E-state index in [1.165, 1.54) is 11.1 Å². The van der Waals surface area contributed by atoms with Crippen LogP contribution in [-0.4, -0.2) is 26.9 Å². The highest BCUT2D eigenvalue weighted by molar-refractivity contribution is 5.77. The summed E-state index contributed by atoms with van der Waals surface area (Å²) in [7, 11) is 0. The molecule has 2 aromatic heterocycles. The maximum absolute atomic E-state index is 6.02. The maximum Gasteiger partial charge on any atom is 0.203 e. The molecule has 0 unspecified atom stereocenters. The number of fused-ring (bicyclic) bond motifs is 1. The molecular formula is C21H22N6. The van der Waals surface area contributed by atoms with Crippen molar-refractivity contribution >= 4 is 17.0 Å². The van der Waals surface area contributed by atoms with Crippen molar-refractivity contribution < 1.29 is 0 Å². The minimum Gasteiger partial charge on any atom is -0.384 e. The number of aromatic amines is 1. The number of nitrogens with zero attached hydrogens (tertiary/aromatic N) is 3. The lowest BCUT2D eigenvalue weighted by molar-refractivity contribution is 0.613. The summed E-state index contributed by atoms with van der Waals surface area (Å²) >= 11 is 0. The van der Waals surface area contributed by atoms with Crippen LogP contribution in [0.4, 0.5) is 5.82 Å². The summed E-state index contributed by atoms with van der Waals surface area (Å²) < 4.78 is 0. The Balaban J connectivity index is 1.57. The van der Waals surface area contributed by atoms with Crippen molar-refractivity contribution in [1.82, 2.24) is 25.7 Å². The molecule has 136 valence electrons. The second-order valence-electron chi connectivity index (χ2n) is 6.55. The number of nitrogen functional groups attached to an aromatic ring is 1. The Morgan fingerprint density at radius 3 is 2.48 bits per heavy atom. The second-order valence-corrected chi connectivity index (χ2v) is 6.55. The number of hydrogen-bond acceptors (Lipinski definition) is 5. The Bertz CT molecular complexity index is 997. The van der Waals surface area contributed by atoms with E-state index in [9.17, 15) is 0 Å². The average Bonchev–Trinajstić information content (AvgIpc) is 3.17. The van der Waals surface area contributed by atoms with Gasteiger partial charge in [0.25, 0.3) is 0 Å². The van der Waals surface area contributed by atoms with Crippen molar-refractivity contribution in [2.45, 2.75) is 18.9 Å². The number of anilines is 1. The third kappa shape index (κ3) is 3.96. The van der Waals surface area contributed by atoms with Crippen LogP contribution in [0.15, 0.2) is 66.7 Å². The molecule has 4 aromatic rings. The van der Waals surface area contributed by atoms with E-state index in [-0.39, 0.29) is 5.92 Å². The van der Waals surface area contributed by atoms with E-state index >= 15 is 0 Å². The van der Waals surface area contributed by atoms with Crippen LogP contribution >= 0.6 is 0 Å². The quantitative estimate of drug-likeness (QED) is 0.441. The van der Waals surface area contributed by atoms with Crippen LogP contribution < -0.4 is 11.1 Å². The topological polar surface area (TPSA) is 92.5 Å². The minimum absolute atomic E-state index is 0.160. The highest BCUT2D eigenvalue weighted by atomic mass is 15.3. The van der Waals surface area contributed by atoms with Gasteiger partial charge >= 0.3 is 0 Å². The normalized spacial score (nSPS) is 12.3. The summed E-state index contributed by atoms with van der Waals surface area (Å²) in [5.74, 6) is 0.622. The van der Waals surface area contributed by atoms with Crippen molar-refractivity contribution in [2.24, 2.45) is 0 Å². The third-order valence-corrected chi connectivity index (χ3v) is 4.70. The van der Waals surface area contributed by atoms with Gasteiger partial charge in [0.2, 0.25) is 5.65 Å². The van der Waals surface area contributed by atoms with Gasteiger partial charge in [-0.25, -0.2) is 4.98 Å². The number of aromatic nitrogens is 4. The molecule has 0 amide bonds. The number of nitrogens with one attached hydrogen (secondary N) is 2. The Kier molecular flexibility index (Phi) is 5.07. The number of hydrogen-bond donors (Lipinski definition) is 3. The van der Waals surface area contributed by atoms with Crippen LogP contribution in [0, 0.1) is 0 Å². The molecule has 27 heavy (non-hydrogen) atoms. The standard InChI is InChI=1S/C21H22N6/c22-19-13-18(20-21(24-19)26-27-25-20)17(16-9-5-2-6-10-16)11-12-23-14-15-7-3-1-4-8-15/h1-10,13,17,23H,11-12,14H2,(H3,22,24,25,26,27)/t17-/m1/s1. The lowest BCUT2D eigenvalue weighted by atomic mass is 9.88. The van der Waals surface area contributed by atoms with Gasteiger partial charge in [-0.1, -0.05) is 60.7 Å². The predicted octanol–water partition coefficient (Wildman–Crippen LogP) is 3.25. The summed E-state index contributed by atoms with van der Waals surface area (Å²) in [5, 5.41) is 14.6. The van der Waals surface area contributed by atoms with Gasteiger partial charge in [-0.2, -0.15) is 10.3 Å². The molecule has 4 N–H and O–H groups in total. The molecule has 1 atom stereocenters. The van der Waals surface area contributed by atoms with Crippen LogP contribution in [0.2, 0.25) is 0 Å². The SMILES string of the molecule is Nc1cc([C@H](CCNCc2ccccc2)c2ccccc2)c2n[nH]nc2n1. The molecule has 0 aliphatic rings. The highest BCUT2D eigenvalue weighted by Crippen LogP contribution is 2.32. The monoisotopic (exact) mass is 358 g/mol. The Labute approximate surface area is 157 Å². The number of H-pyrrole nitrogens is 1. The smallest absolute Gasteiger partial charge is 0.203 e. The van der Waals surface area contributed by atoms with E-state index in [0.29, 0.717) is 11.5 Å². The van der Waals surface area contributed by atoms with E-state index in [1.54, 1.807) is 0 Å². The van der Waals surface area contributed by atoms with Crippen molar-refractivity contribution in [1.29, 1.82) is 0 Å². The van der Waals surface area contributed by atoms with E-state index in [0.717, 1.165) is 30.6 Å². The van der Waals surface area contributed by atoms with Gasteiger partial charge in [0.15, 0.2) is 0 Å². The van der Waals surface area contributed by atoms with Crippen LogP contribution in [0.5, 0.6) is 0 Å². The molecule has 0 saturated heterocycles. The molecule has 2 aromatic carbocycles. The maximum atomic E-state index is 6.02. The molecular weight excluding hydrogens is 336 g/mol. The Hall–Kier alpha value is -3.25. The van der Waals surface area contributed by atoms with Gasteiger partial charge in [-0.15, -0.1) is 5.10 Å². The first kappa shape index (κ1) is 17.2. The molecule has 0 saturated carbocycles. The van der Waals surface area contributed by atoms with Crippen molar-refractivity contribution in [3.05, 3.63) is 83.4 Å². The summed E-state index contributed by atoms with van der Waals surface area (Å²) in [6.07, 6.45) is 0.919. The zero-order valence-corrected chi connectivity index (χ0v) is 15.0. The lowest BCUT2D eigenvalue weighted by Gasteiger charge is -2.19. The fraction of sp³-hybridized carbons (Fsp3) is 0.190.